The zero-order chi connectivity index (χ0) is 12.4. The lowest BCUT2D eigenvalue weighted by Crippen LogP contribution is -2.38. The van der Waals surface area contributed by atoms with E-state index in [1.165, 1.54) is 11.8 Å². The molecule has 7 heteroatoms. The fraction of sp³-hybridized carbons (Fsp3) is 0.778. The molecule has 94 valence electrons. The molecule has 0 rings (SSSR count). The Balaban J connectivity index is 3.68. The summed E-state index contributed by atoms with van der Waals surface area (Å²) in [5, 5.41) is 28.5. The van der Waals surface area contributed by atoms with Gasteiger partial charge in [0, 0.05) is 24.5 Å². The van der Waals surface area contributed by atoms with E-state index in [4.69, 9.17) is 15.3 Å². The van der Waals surface area contributed by atoms with Crippen LogP contribution in [-0.4, -0.2) is 58.0 Å². The van der Waals surface area contributed by atoms with E-state index in [2.05, 4.69) is 5.32 Å². The van der Waals surface area contributed by atoms with Crippen molar-refractivity contribution in [2.24, 2.45) is 0 Å². The Bertz CT molecular complexity index is 224. The minimum Gasteiger partial charge on any atom is -0.481 e. The van der Waals surface area contributed by atoms with Gasteiger partial charge in [-0.25, -0.2) is 0 Å². The lowest BCUT2D eigenvalue weighted by molar-refractivity contribution is -0.140. The van der Waals surface area contributed by atoms with Gasteiger partial charge in [0.25, 0.3) is 0 Å². The van der Waals surface area contributed by atoms with E-state index in [0.29, 0.717) is 18.1 Å². The van der Waals surface area contributed by atoms with Crippen molar-refractivity contribution in [3.05, 3.63) is 0 Å². The Morgan fingerprint density at radius 3 is 2.44 bits per heavy atom. The second-order valence-corrected chi connectivity index (χ2v) is 4.34. The van der Waals surface area contributed by atoms with Gasteiger partial charge in [-0.05, 0) is 6.42 Å². The second kappa shape index (κ2) is 9.44. The SMILES string of the molecule is O=C(O)CC[C@H](NCCSCCO)C(=O)O. The molecule has 0 saturated heterocycles. The van der Waals surface area contributed by atoms with Crippen LogP contribution in [0.15, 0.2) is 0 Å². The number of aliphatic hydroxyl groups excluding tert-OH is 1. The summed E-state index contributed by atoms with van der Waals surface area (Å²) in [5.41, 5.74) is 0. The molecule has 0 aliphatic heterocycles. The number of nitrogens with one attached hydrogen (secondary N) is 1. The van der Waals surface area contributed by atoms with Crippen LogP contribution < -0.4 is 5.32 Å². The van der Waals surface area contributed by atoms with Crippen molar-refractivity contribution in [3.8, 4) is 0 Å². The smallest absolute Gasteiger partial charge is 0.320 e. The Hall–Kier alpha value is -0.790. The van der Waals surface area contributed by atoms with Gasteiger partial charge in [0.15, 0.2) is 0 Å². The van der Waals surface area contributed by atoms with Crippen molar-refractivity contribution in [2.75, 3.05) is 24.7 Å². The number of hydrogen-bond donors (Lipinski definition) is 4. The van der Waals surface area contributed by atoms with Crippen LogP contribution >= 0.6 is 11.8 Å². The molecular formula is C9H17NO5S. The normalized spacial score (nSPS) is 12.3. The molecule has 0 aliphatic rings. The van der Waals surface area contributed by atoms with Crippen molar-refractivity contribution in [1.82, 2.24) is 5.32 Å². The predicted octanol–water partition coefficient (Wildman–Crippen LogP) is -0.381. The number of aliphatic carboxylic acids is 2. The molecular weight excluding hydrogens is 234 g/mol. The molecule has 16 heavy (non-hydrogen) atoms. The van der Waals surface area contributed by atoms with Crippen molar-refractivity contribution in [2.45, 2.75) is 18.9 Å². The van der Waals surface area contributed by atoms with Gasteiger partial charge in [-0.2, -0.15) is 11.8 Å². The third-order valence-electron chi connectivity index (χ3n) is 1.82. The highest BCUT2D eigenvalue weighted by molar-refractivity contribution is 7.99. The first kappa shape index (κ1) is 15.2. The minimum absolute atomic E-state index is 0.0787. The molecule has 0 aromatic heterocycles. The highest BCUT2D eigenvalue weighted by atomic mass is 32.2. The summed E-state index contributed by atoms with van der Waals surface area (Å²) in [6.45, 7) is 0.591. The topological polar surface area (TPSA) is 107 Å². The number of aliphatic hydroxyl groups is 1. The second-order valence-electron chi connectivity index (χ2n) is 3.11. The Morgan fingerprint density at radius 1 is 1.25 bits per heavy atom. The molecule has 4 N–H and O–H groups in total. The Labute approximate surface area is 98.0 Å². The quantitative estimate of drug-likeness (QED) is 0.392. The van der Waals surface area contributed by atoms with E-state index in [9.17, 15) is 9.59 Å². The van der Waals surface area contributed by atoms with E-state index < -0.39 is 18.0 Å². The summed E-state index contributed by atoms with van der Waals surface area (Å²) in [6, 6.07) is -0.814. The van der Waals surface area contributed by atoms with Gasteiger partial charge in [0.05, 0.1) is 6.61 Å². The third kappa shape index (κ3) is 8.51. The van der Waals surface area contributed by atoms with Gasteiger partial charge in [-0.1, -0.05) is 0 Å². The zero-order valence-electron chi connectivity index (χ0n) is 8.89. The molecule has 0 fully saturated rings. The molecule has 0 bridgehead atoms. The summed E-state index contributed by atoms with van der Waals surface area (Å²) in [5.74, 6) is -0.720. The molecule has 6 nitrogen and oxygen atoms in total. The maximum Gasteiger partial charge on any atom is 0.320 e. The van der Waals surface area contributed by atoms with Gasteiger partial charge in [-0.15, -0.1) is 0 Å². The number of thioether (sulfide) groups is 1. The molecule has 0 saturated carbocycles. The fourth-order valence-electron chi connectivity index (χ4n) is 1.05. The van der Waals surface area contributed by atoms with Gasteiger partial charge >= 0.3 is 11.9 Å². The highest BCUT2D eigenvalue weighted by Gasteiger charge is 2.17. The summed E-state index contributed by atoms with van der Waals surface area (Å²) in [7, 11) is 0. The average Bonchev–Trinajstić information content (AvgIpc) is 2.21. The van der Waals surface area contributed by atoms with E-state index in [-0.39, 0.29) is 19.4 Å². The molecule has 1 atom stereocenters. The third-order valence-corrected chi connectivity index (χ3v) is 2.78. The Morgan fingerprint density at radius 2 is 1.94 bits per heavy atom. The maximum absolute atomic E-state index is 10.7. The first-order chi connectivity index (χ1) is 7.57. The van der Waals surface area contributed by atoms with Gasteiger partial charge in [0.2, 0.25) is 0 Å². The molecule has 0 spiro atoms. The van der Waals surface area contributed by atoms with Crippen LogP contribution in [0.5, 0.6) is 0 Å². The van der Waals surface area contributed by atoms with Crippen molar-refractivity contribution in [1.29, 1.82) is 0 Å². The number of carboxylic acid groups (broad SMARTS) is 2. The van der Waals surface area contributed by atoms with E-state index >= 15 is 0 Å². The predicted molar refractivity (Wildman–Crippen MR) is 60.7 cm³/mol. The monoisotopic (exact) mass is 251 g/mol. The summed E-state index contributed by atoms with van der Waals surface area (Å²) in [4.78, 5) is 21.0. The highest BCUT2D eigenvalue weighted by Crippen LogP contribution is 2.00. The average molecular weight is 251 g/mol. The summed E-state index contributed by atoms with van der Waals surface area (Å²) >= 11 is 1.51. The fourth-order valence-corrected chi connectivity index (χ4v) is 1.65. The van der Waals surface area contributed by atoms with Crippen LogP contribution in [0.2, 0.25) is 0 Å². The van der Waals surface area contributed by atoms with Crippen LogP contribution in [0.4, 0.5) is 0 Å². The standard InChI is InChI=1S/C9H17NO5S/c11-4-6-16-5-3-10-7(9(14)15)1-2-8(12)13/h7,10-11H,1-6H2,(H,12,13)(H,14,15)/t7-/m0/s1. The minimum atomic E-state index is -1.03. The molecule has 0 aromatic rings. The first-order valence-corrected chi connectivity index (χ1v) is 6.10. The lowest BCUT2D eigenvalue weighted by atomic mass is 10.1. The zero-order valence-corrected chi connectivity index (χ0v) is 9.70. The largest absolute Gasteiger partial charge is 0.481 e. The summed E-state index contributed by atoms with van der Waals surface area (Å²) in [6.07, 6.45) is -0.0803. The molecule has 0 aliphatic carbocycles. The molecule has 0 aromatic carbocycles. The van der Waals surface area contributed by atoms with Crippen LogP contribution in [0.1, 0.15) is 12.8 Å². The van der Waals surface area contributed by atoms with Gasteiger partial charge in [-0.3, -0.25) is 9.59 Å². The number of rotatable bonds is 10. The van der Waals surface area contributed by atoms with E-state index in [1.54, 1.807) is 0 Å². The van der Waals surface area contributed by atoms with Gasteiger partial charge in [0.1, 0.15) is 6.04 Å². The molecule has 0 unspecified atom stereocenters. The Kier molecular flexibility index (Phi) is 8.97. The van der Waals surface area contributed by atoms with Gasteiger partial charge < -0.3 is 20.6 Å². The lowest BCUT2D eigenvalue weighted by Gasteiger charge is -2.12. The van der Waals surface area contributed by atoms with Crippen LogP contribution in [0.3, 0.4) is 0 Å². The number of carboxylic acids is 2. The van der Waals surface area contributed by atoms with Crippen molar-refractivity contribution < 1.29 is 24.9 Å². The summed E-state index contributed by atoms with van der Waals surface area (Å²) < 4.78 is 0. The van der Waals surface area contributed by atoms with Crippen molar-refractivity contribution >= 4 is 23.7 Å². The van der Waals surface area contributed by atoms with Crippen LogP contribution in [-0.2, 0) is 9.59 Å². The van der Waals surface area contributed by atoms with Crippen molar-refractivity contribution in [3.63, 3.8) is 0 Å². The maximum atomic E-state index is 10.7. The van der Waals surface area contributed by atoms with Crippen LogP contribution in [0.25, 0.3) is 0 Å². The molecule has 0 amide bonds. The van der Waals surface area contributed by atoms with E-state index in [1.807, 2.05) is 0 Å². The number of hydrogen-bond acceptors (Lipinski definition) is 5. The van der Waals surface area contributed by atoms with Crippen LogP contribution in [0, 0.1) is 0 Å². The number of carbonyl (C=O) groups is 2. The molecule has 0 radical (unpaired) electrons. The first-order valence-electron chi connectivity index (χ1n) is 4.94. The van der Waals surface area contributed by atoms with E-state index in [0.717, 1.165) is 0 Å². The molecule has 0 heterocycles.